The van der Waals surface area contributed by atoms with Crippen molar-refractivity contribution in [2.45, 2.75) is 13.5 Å². The van der Waals surface area contributed by atoms with Crippen molar-refractivity contribution in [1.29, 1.82) is 0 Å². The molecule has 3 rings (SSSR count). The Hall–Kier alpha value is -2.61. The van der Waals surface area contributed by atoms with Crippen LogP contribution in [0.4, 0.5) is 4.79 Å². The number of rotatable bonds is 5. The van der Waals surface area contributed by atoms with E-state index in [2.05, 4.69) is 31.3 Å². The Morgan fingerprint density at radius 3 is 2.68 bits per heavy atom. The third-order valence-corrected chi connectivity index (χ3v) is 4.08. The number of imidazole rings is 1. The number of carbonyl (C=O) groups is 1. The molecule has 0 radical (unpaired) electrons. The largest absolute Gasteiger partial charge is 0.480 e. The molecule has 1 aromatic carbocycles. The first kappa shape index (κ1) is 17.2. The van der Waals surface area contributed by atoms with Crippen LogP contribution in [0.5, 0.6) is 5.88 Å². The van der Waals surface area contributed by atoms with Crippen LogP contribution < -0.4 is 10.1 Å². The number of nitrogens with zero attached hydrogens (tertiary/aromatic N) is 3. The van der Waals surface area contributed by atoms with Crippen LogP contribution in [0.2, 0.25) is 0 Å². The highest BCUT2D eigenvalue weighted by Crippen LogP contribution is 2.26. The zero-order chi connectivity index (χ0) is 17.8. The first-order valence-corrected chi connectivity index (χ1v) is 8.51. The van der Waals surface area contributed by atoms with Crippen LogP contribution >= 0.6 is 15.9 Å². The van der Waals surface area contributed by atoms with Gasteiger partial charge in [0.25, 0.3) is 0 Å². The molecular weight excluding hydrogens is 388 g/mol. The lowest BCUT2D eigenvalue weighted by molar-refractivity contribution is 0.151. The van der Waals surface area contributed by atoms with Gasteiger partial charge in [-0.05, 0) is 25.1 Å². The van der Waals surface area contributed by atoms with Gasteiger partial charge in [0.1, 0.15) is 0 Å². The fourth-order valence-electron chi connectivity index (χ4n) is 2.41. The minimum absolute atomic E-state index is 0.228. The Morgan fingerprint density at radius 2 is 2.00 bits per heavy atom. The van der Waals surface area contributed by atoms with Gasteiger partial charge in [0.2, 0.25) is 5.88 Å². The van der Waals surface area contributed by atoms with E-state index in [0.717, 1.165) is 21.4 Å². The summed E-state index contributed by atoms with van der Waals surface area (Å²) in [5.74, 6) is 0.463. The zero-order valence-corrected chi connectivity index (χ0v) is 15.4. The average molecular weight is 405 g/mol. The maximum Gasteiger partial charge on any atom is 0.407 e. The van der Waals surface area contributed by atoms with E-state index in [1.54, 1.807) is 24.6 Å². The van der Waals surface area contributed by atoms with Crippen molar-refractivity contribution in [3.8, 4) is 17.1 Å². The van der Waals surface area contributed by atoms with Gasteiger partial charge in [-0.2, -0.15) is 0 Å². The first-order chi connectivity index (χ1) is 12.1. The highest BCUT2D eigenvalue weighted by Gasteiger charge is 2.17. The molecule has 3 aromatic rings. The molecule has 0 aliphatic heterocycles. The first-order valence-electron chi connectivity index (χ1n) is 7.71. The number of aromatic nitrogens is 3. The van der Waals surface area contributed by atoms with Crippen molar-refractivity contribution in [2.75, 3.05) is 13.7 Å². The summed E-state index contributed by atoms with van der Waals surface area (Å²) in [5.41, 5.74) is 3.07. The van der Waals surface area contributed by atoms with Gasteiger partial charge in [-0.1, -0.05) is 28.1 Å². The van der Waals surface area contributed by atoms with E-state index in [1.165, 1.54) is 0 Å². The number of hydrogen-bond donors (Lipinski definition) is 1. The van der Waals surface area contributed by atoms with E-state index < -0.39 is 6.09 Å². The molecule has 0 bridgehead atoms. The van der Waals surface area contributed by atoms with Crippen LogP contribution in [0.3, 0.4) is 0 Å². The van der Waals surface area contributed by atoms with E-state index in [9.17, 15) is 4.79 Å². The van der Waals surface area contributed by atoms with E-state index in [1.807, 2.05) is 30.3 Å². The van der Waals surface area contributed by atoms with Crippen LogP contribution in [0.15, 0.2) is 40.9 Å². The van der Waals surface area contributed by atoms with Gasteiger partial charge >= 0.3 is 6.09 Å². The second-order valence-corrected chi connectivity index (χ2v) is 6.05. The molecule has 8 heteroatoms. The Labute approximate surface area is 153 Å². The monoisotopic (exact) mass is 404 g/mol. The van der Waals surface area contributed by atoms with Gasteiger partial charge in [0.05, 0.1) is 31.6 Å². The summed E-state index contributed by atoms with van der Waals surface area (Å²) >= 11 is 3.43. The number of amides is 1. The van der Waals surface area contributed by atoms with Crippen molar-refractivity contribution in [3.63, 3.8) is 0 Å². The molecule has 0 atom stereocenters. The van der Waals surface area contributed by atoms with Crippen molar-refractivity contribution in [1.82, 2.24) is 19.9 Å². The minimum Gasteiger partial charge on any atom is -0.480 e. The van der Waals surface area contributed by atoms with Crippen molar-refractivity contribution in [3.05, 3.63) is 46.6 Å². The third-order valence-electron chi connectivity index (χ3n) is 3.55. The van der Waals surface area contributed by atoms with Gasteiger partial charge in [0.15, 0.2) is 5.65 Å². The maximum absolute atomic E-state index is 11.7. The number of fused-ring (bicyclic) bond motifs is 1. The smallest absolute Gasteiger partial charge is 0.407 e. The summed E-state index contributed by atoms with van der Waals surface area (Å²) in [4.78, 5) is 16.3. The van der Waals surface area contributed by atoms with Crippen LogP contribution in [-0.4, -0.2) is 34.4 Å². The second kappa shape index (κ2) is 7.52. The molecule has 7 nitrogen and oxygen atoms in total. The second-order valence-electron chi connectivity index (χ2n) is 5.13. The molecule has 0 fully saturated rings. The summed E-state index contributed by atoms with van der Waals surface area (Å²) < 4.78 is 12.8. The fraction of sp³-hybridized carbons (Fsp3) is 0.235. The van der Waals surface area contributed by atoms with E-state index in [0.29, 0.717) is 18.1 Å². The van der Waals surface area contributed by atoms with Crippen molar-refractivity contribution >= 4 is 27.7 Å². The molecule has 2 heterocycles. The molecular formula is C17H17BrN4O3. The van der Waals surface area contributed by atoms with Crippen LogP contribution in [0.25, 0.3) is 16.9 Å². The van der Waals surface area contributed by atoms with Crippen LogP contribution in [0, 0.1) is 0 Å². The quantitative estimate of drug-likeness (QED) is 0.704. The minimum atomic E-state index is -0.484. The van der Waals surface area contributed by atoms with Gasteiger partial charge < -0.3 is 14.8 Å². The molecule has 0 unspecified atom stereocenters. The van der Waals surface area contributed by atoms with Gasteiger partial charge in [0, 0.05) is 16.1 Å². The average Bonchev–Trinajstić information content (AvgIpc) is 2.98. The predicted octanol–water partition coefficient (Wildman–Crippen LogP) is 3.41. The van der Waals surface area contributed by atoms with Crippen molar-refractivity contribution in [2.24, 2.45) is 0 Å². The number of nitrogens with one attached hydrogen (secondary N) is 1. The summed E-state index contributed by atoms with van der Waals surface area (Å²) in [6.45, 7) is 2.30. The summed E-state index contributed by atoms with van der Waals surface area (Å²) in [6.07, 6.45) is -0.484. The number of hydrogen-bond acceptors (Lipinski definition) is 5. The highest BCUT2D eigenvalue weighted by atomic mass is 79.9. The van der Waals surface area contributed by atoms with Gasteiger partial charge in [-0.15, -0.1) is 5.10 Å². The number of halogens is 1. The summed E-state index contributed by atoms with van der Waals surface area (Å²) in [7, 11) is 1.55. The summed E-state index contributed by atoms with van der Waals surface area (Å²) in [6, 6.07) is 11.4. The molecule has 2 aromatic heterocycles. The Balaban J connectivity index is 2.06. The molecule has 0 aliphatic carbocycles. The molecule has 130 valence electrons. The maximum atomic E-state index is 11.7. The van der Waals surface area contributed by atoms with Crippen LogP contribution in [0.1, 0.15) is 12.6 Å². The van der Waals surface area contributed by atoms with Gasteiger partial charge in [-0.3, -0.25) is 0 Å². The third kappa shape index (κ3) is 3.74. The number of benzene rings is 1. The number of ether oxygens (including phenoxy) is 2. The Bertz CT molecular complexity index is 893. The zero-order valence-electron chi connectivity index (χ0n) is 13.8. The predicted molar refractivity (Wildman–Crippen MR) is 96.5 cm³/mol. The summed E-state index contributed by atoms with van der Waals surface area (Å²) in [5, 5.41) is 7.14. The molecule has 25 heavy (non-hydrogen) atoms. The molecule has 0 saturated carbocycles. The van der Waals surface area contributed by atoms with E-state index in [4.69, 9.17) is 9.47 Å². The molecule has 0 aliphatic rings. The Morgan fingerprint density at radius 1 is 1.24 bits per heavy atom. The molecule has 1 amide bonds. The van der Waals surface area contributed by atoms with E-state index >= 15 is 0 Å². The van der Waals surface area contributed by atoms with Crippen molar-refractivity contribution < 1.29 is 14.3 Å². The lowest BCUT2D eigenvalue weighted by Gasteiger charge is -2.08. The lowest BCUT2D eigenvalue weighted by atomic mass is 10.1. The van der Waals surface area contributed by atoms with Crippen LogP contribution in [-0.2, 0) is 11.3 Å². The topological polar surface area (TPSA) is 77.8 Å². The Kier molecular flexibility index (Phi) is 5.18. The number of methoxy groups -OCH3 is 1. The number of alkyl carbamates (subject to hydrolysis) is 1. The van der Waals surface area contributed by atoms with E-state index in [-0.39, 0.29) is 6.54 Å². The fourth-order valence-corrected chi connectivity index (χ4v) is 2.67. The number of carbonyl (C=O) groups excluding carboxylic acids is 1. The standard InChI is InChI=1S/C17H17BrN4O3/c1-3-25-17(23)19-10-13-16(11-4-6-12(18)7-5-11)20-14-8-9-15(24-2)21-22(13)14/h4-9H,3,10H2,1-2H3,(H,19,23). The van der Waals surface area contributed by atoms with Gasteiger partial charge in [-0.25, -0.2) is 14.3 Å². The highest BCUT2D eigenvalue weighted by molar-refractivity contribution is 9.10. The molecule has 0 saturated heterocycles. The SMILES string of the molecule is CCOC(=O)NCc1c(-c2ccc(Br)cc2)nc2ccc(OC)nn12. The molecule has 1 N–H and O–H groups in total. The normalized spacial score (nSPS) is 10.7. The molecule has 0 spiro atoms. The lowest BCUT2D eigenvalue weighted by Crippen LogP contribution is -2.24.